The largest absolute Gasteiger partial charge is 0.507 e. The second kappa shape index (κ2) is 7.45. The van der Waals surface area contributed by atoms with Crippen molar-refractivity contribution in [3.63, 3.8) is 0 Å². The molecule has 2 aliphatic carbocycles. The second-order valence-corrected chi connectivity index (χ2v) is 11.8. The number of aromatic hydroxyl groups is 1. The maximum absolute atomic E-state index is 12.9. The van der Waals surface area contributed by atoms with Gasteiger partial charge < -0.3 is 24.4 Å². The van der Waals surface area contributed by atoms with Gasteiger partial charge in [-0.3, -0.25) is 9.59 Å². The molecule has 1 aromatic carbocycles. The van der Waals surface area contributed by atoms with E-state index in [1.165, 1.54) is 13.0 Å². The monoisotopic (exact) mass is 486 g/mol. The first-order chi connectivity index (χ1) is 16.2. The zero-order valence-corrected chi connectivity index (χ0v) is 21.1. The maximum atomic E-state index is 12.9. The molecule has 2 fully saturated rings. The Morgan fingerprint density at radius 1 is 1.17 bits per heavy atom. The van der Waals surface area contributed by atoms with Gasteiger partial charge >= 0.3 is 11.9 Å². The maximum Gasteiger partial charge on any atom is 0.342 e. The van der Waals surface area contributed by atoms with Crippen LogP contribution in [0, 0.1) is 22.7 Å². The van der Waals surface area contributed by atoms with Crippen molar-refractivity contribution in [2.24, 2.45) is 22.7 Å². The molecule has 0 saturated heterocycles. The number of Topliss-reactive ketones (excluding diaryl/α,β-unsaturated/α-hetero) is 1. The Labute approximate surface area is 204 Å². The molecule has 35 heavy (non-hydrogen) atoms. The van der Waals surface area contributed by atoms with E-state index in [1.54, 1.807) is 6.92 Å². The Morgan fingerprint density at radius 3 is 2.51 bits per heavy atom. The normalized spacial score (nSPS) is 39.2. The van der Waals surface area contributed by atoms with Crippen LogP contribution in [-0.4, -0.2) is 45.7 Å². The van der Waals surface area contributed by atoms with Crippen LogP contribution in [0.25, 0.3) is 0 Å². The Balaban J connectivity index is 1.70. The first kappa shape index (κ1) is 24.1. The molecule has 8 nitrogen and oxygen atoms in total. The van der Waals surface area contributed by atoms with Gasteiger partial charge in [0, 0.05) is 41.9 Å². The summed E-state index contributed by atoms with van der Waals surface area (Å²) in [5, 5.41) is 22.2. The molecule has 2 saturated carbocycles. The van der Waals surface area contributed by atoms with Crippen molar-refractivity contribution in [2.45, 2.75) is 91.1 Å². The lowest BCUT2D eigenvalue weighted by atomic mass is 9.43. The summed E-state index contributed by atoms with van der Waals surface area (Å²) < 4.78 is 17.5. The number of phenols is 1. The van der Waals surface area contributed by atoms with E-state index in [1.807, 2.05) is 20.8 Å². The van der Waals surface area contributed by atoms with E-state index in [0.717, 1.165) is 0 Å². The summed E-state index contributed by atoms with van der Waals surface area (Å²) in [6, 6.07) is 1.40. The molecule has 7 atom stereocenters. The lowest BCUT2D eigenvalue weighted by Gasteiger charge is -2.64. The Hall–Kier alpha value is -2.61. The molecule has 4 aliphatic rings. The van der Waals surface area contributed by atoms with Crippen LogP contribution < -0.4 is 4.74 Å². The number of cyclic esters (lactones) is 1. The van der Waals surface area contributed by atoms with E-state index >= 15 is 0 Å². The minimum Gasteiger partial charge on any atom is -0.507 e. The van der Waals surface area contributed by atoms with Crippen molar-refractivity contribution in [3.05, 3.63) is 22.8 Å². The fraction of sp³-hybridized carbons (Fsp3) is 0.667. The average Bonchev–Trinajstić information content (AvgIpc) is 2.75. The summed E-state index contributed by atoms with van der Waals surface area (Å²) in [7, 11) is 0. The zero-order valence-electron chi connectivity index (χ0n) is 21.1. The van der Waals surface area contributed by atoms with Crippen LogP contribution in [0.1, 0.15) is 88.4 Å². The number of aliphatic hydroxyl groups excluding tert-OH is 1. The number of hydrogen-bond donors (Lipinski definition) is 2. The fourth-order valence-corrected chi connectivity index (χ4v) is 7.63. The van der Waals surface area contributed by atoms with Crippen LogP contribution in [0.3, 0.4) is 0 Å². The van der Waals surface area contributed by atoms with Gasteiger partial charge in [0.2, 0.25) is 0 Å². The van der Waals surface area contributed by atoms with Crippen molar-refractivity contribution >= 4 is 17.7 Å². The molecule has 190 valence electrons. The van der Waals surface area contributed by atoms with Crippen molar-refractivity contribution in [1.29, 1.82) is 0 Å². The molecule has 5 rings (SSSR count). The third-order valence-electron chi connectivity index (χ3n) is 9.54. The van der Waals surface area contributed by atoms with E-state index in [9.17, 15) is 24.6 Å². The van der Waals surface area contributed by atoms with Gasteiger partial charge in [-0.25, -0.2) is 4.79 Å². The van der Waals surface area contributed by atoms with Crippen molar-refractivity contribution in [3.8, 4) is 11.5 Å². The second-order valence-electron chi connectivity index (χ2n) is 11.8. The summed E-state index contributed by atoms with van der Waals surface area (Å²) in [5.74, 6) is -1.17. The van der Waals surface area contributed by atoms with Crippen LogP contribution in [0.4, 0.5) is 0 Å². The number of hydrogen-bond acceptors (Lipinski definition) is 8. The Kier molecular flexibility index (Phi) is 5.13. The number of ketones is 1. The number of ether oxygens (including phenoxy) is 3. The van der Waals surface area contributed by atoms with E-state index < -0.39 is 41.3 Å². The van der Waals surface area contributed by atoms with Gasteiger partial charge in [-0.1, -0.05) is 20.8 Å². The number of esters is 2. The lowest BCUT2D eigenvalue weighted by molar-refractivity contribution is -0.212. The number of rotatable bonds is 1. The van der Waals surface area contributed by atoms with Gasteiger partial charge in [-0.2, -0.15) is 0 Å². The van der Waals surface area contributed by atoms with E-state index in [-0.39, 0.29) is 34.3 Å². The fourth-order valence-electron chi connectivity index (χ4n) is 7.63. The summed E-state index contributed by atoms with van der Waals surface area (Å²) in [4.78, 5) is 37.6. The lowest BCUT2D eigenvalue weighted by Crippen LogP contribution is -2.68. The predicted molar refractivity (Wildman–Crippen MR) is 124 cm³/mol. The summed E-state index contributed by atoms with van der Waals surface area (Å²) in [5.41, 5.74) is -0.773. The molecule has 2 heterocycles. The van der Waals surface area contributed by atoms with Gasteiger partial charge in [0.05, 0.1) is 6.10 Å². The first-order valence-corrected chi connectivity index (χ1v) is 12.4. The smallest absolute Gasteiger partial charge is 0.342 e. The molecule has 2 aliphatic heterocycles. The van der Waals surface area contributed by atoms with E-state index in [0.29, 0.717) is 42.6 Å². The quantitative estimate of drug-likeness (QED) is 0.578. The number of aliphatic hydroxyl groups is 1. The molecule has 8 heteroatoms. The topological polar surface area (TPSA) is 119 Å². The Bertz CT molecular complexity index is 1140. The molecule has 1 aromatic rings. The van der Waals surface area contributed by atoms with Crippen LogP contribution in [-0.2, 0) is 25.5 Å². The molecular weight excluding hydrogens is 452 g/mol. The highest BCUT2D eigenvalue weighted by atomic mass is 16.6. The number of benzene rings is 1. The first-order valence-electron chi connectivity index (χ1n) is 12.4. The molecule has 2 N–H and O–H groups in total. The minimum absolute atomic E-state index is 0.0162. The van der Waals surface area contributed by atoms with Crippen LogP contribution in [0.5, 0.6) is 11.5 Å². The standard InChI is InChI=1S/C27H34O8/c1-12-23(34-13(2)28)21-14-9-18-26(5)8-7-19(30)25(3,4)17(26)11-20(31)27(18,6)35-16(14)10-15(29)22(21)24(32)33-12/h10,12,17-18,20,23,29,31H,7-9,11H2,1-6H3/t12-,17+,18-,20+,23+,26+,27-/m1/s1. The molecular formula is C27H34O8. The molecule has 0 spiro atoms. The van der Waals surface area contributed by atoms with Gasteiger partial charge in [-0.15, -0.1) is 0 Å². The molecule has 0 aromatic heterocycles. The molecule has 0 amide bonds. The van der Waals surface area contributed by atoms with Gasteiger partial charge in [0.25, 0.3) is 0 Å². The molecule has 0 radical (unpaired) electrons. The van der Waals surface area contributed by atoms with Gasteiger partial charge in [-0.05, 0) is 44.4 Å². The number of carbonyl (C=O) groups is 3. The van der Waals surface area contributed by atoms with Crippen molar-refractivity contribution in [1.82, 2.24) is 0 Å². The predicted octanol–water partition coefficient (Wildman–Crippen LogP) is 3.64. The highest BCUT2D eigenvalue weighted by molar-refractivity contribution is 5.96. The highest BCUT2D eigenvalue weighted by Crippen LogP contribution is 2.64. The average molecular weight is 487 g/mol. The van der Waals surface area contributed by atoms with Crippen molar-refractivity contribution in [2.75, 3.05) is 0 Å². The molecule has 0 bridgehead atoms. The minimum atomic E-state index is -0.951. The van der Waals surface area contributed by atoms with Crippen LogP contribution in [0.15, 0.2) is 6.07 Å². The van der Waals surface area contributed by atoms with E-state index in [4.69, 9.17) is 14.2 Å². The SMILES string of the molecule is CC(=O)O[C@@H]1c2c3c(cc(O)c2C(=O)O[C@@H]1C)O[C@]1(C)[C@H](C3)[C@@]2(C)CCC(=O)C(C)(C)[C@@H]2C[C@@H]1O. The summed E-state index contributed by atoms with van der Waals surface area (Å²) in [6.07, 6.45) is -0.440. The number of carbonyl (C=O) groups excluding carboxylic acids is 3. The summed E-state index contributed by atoms with van der Waals surface area (Å²) in [6.45, 7) is 11.0. The Morgan fingerprint density at radius 2 is 1.86 bits per heavy atom. The van der Waals surface area contributed by atoms with E-state index in [2.05, 4.69) is 6.92 Å². The number of fused-ring (bicyclic) bond motifs is 6. The third-order valence-corrected chi connectivity index (χ3v) is 9.54. The van der Waals surface area contributed by atoms with Gasteiger partial charge in [0.1, 0.15) is 34.6 Å². The van der Waals surface area contributed by atoms with Crippen molar-refractivity contribution < 1.29 is 38.8 Å². The third kappa shape index (κ3) is 3.18. The van der Waals surface area contributed by atoms with Gasteiger partial charge in [0.15, 0.2) is 6.10 Å². The summed E-state index contributed by atoms with van der Waals surface area (Å²) >= 11 is 0. The van der Waals surface area contributed by atoms with Crippen LogP contribution in [0.2, 0.25) is 0 Å². The van der Waals surface area contributed by atoms with Crippen LogP contribution >= 0.6 is 0 Å². The molecule has 0 unspecified atom stereocenters. The highest BCUT2D eigenvalue weighted by Gasteiger charge is 2.66. The number of phenolic OH excluding ortho intramolecular Hbond substituents is 1. The zero-order chi connectivity index (χ0) is 25.7.